The maximum atomic E-state index is 15.3. The number of aliphatic hydroxyl groups is 1. The second-order valence-electron chi connectivity index (χ2n) is 13.0. The monoisotopic (exact) mass is 738 g/mol. The molecule has 0 aliphatic carbocycles. The van der Waals surface area contributed by atoms with Crippen LogP contribution in [0.2, 0.25) is 10.0 Å². The molecule has 0 unspecified atom stereocenters. The minimum Gasteiger partial charge on any atom is -0.481 e. The van der Waals surface area contributed by atoms with Crippen molar-refractivity contribution in [1.82, 2.24) is 25.5 Å². The van der Waals surface area contributed by atoms with Gasteiger partial charge in [-0.25, -0.2) is 19.2 Å². The Labute approximate surface area is 306 Å². The molecule has 2 amide bonds. The van der Waals surface area contributed by atoms with Crippen LogP contribution in [0.5, 0.6) is 5.88 Å². The Balaban J connectivity index is 1.41. The number of carbonyl (C=O) groups is 2. The Morgan fingerprint density at radius 1 is 1.06 bits per heavy atom. The molecule has 14 heteroatoms. The summed E-state index contributed by atoms with van der Waals surface area (Å²) in [4.78, 5) is 35.7. The number of halogens is 3. The smallest absolute Gasteiger partial charge is 0.410 e. The lowest BCUT2D eigenvalue weighted by molar-refractivity contribution is -0.119. The lowest BCUT2D eigenvalue weighted by atomic mass is 10.0. The molecule has 5 rings (SSSR count). The normalized spacial score (nSPS) is 14.3. The van der Waals surface area contributed by atoms with Gasteiger partial charge in [0.25, 0.3) is 0 Å². The van der Waals surface area contributed by atoms with Crippen molar-refractivity contribution in [3.63, 3.8) is 0 Å². The number of rotatable bonds is 13. The highest BCUT2D eigenvalue weighted by Crippen LogP contribution is 2.41. The second-order valence-corrected chi connectivity index (χ2v) is 13.8. The average molecular weight is 740 g/mol. The number of carbonyl (C=O) groups excluding carboxylic acids is 2. The van der Waals surface area contributed by atoms with E-state index in [0.29, 0.717) is 63.8 Å². The van der Waals surface area contributed by atoms with Crippen LogP contribution in [-0.2, 0) is 22.6 Å². The van der Waals surface area contributed by atoms with Crippen molar-refractivity contribution in [2.75, 3.05) is 32.1 Å². The van der Waals surface area contributed by atoms with E-state index < -0.39 is 17.5 Å². The summed E-state index contributed by atoms with van der Waals surface area (Å²) >= 11 is 13.9. The summed E-state index contributed by atoms with van der Waals surface area (Å²) in [7, 11) is 1.50. The lowest BCUT2D eigenvalue weighted by Gasteiger charge is -2.29. The van der Waals surface area contributed by atoms with Gasteiger partial charge in [0.1, 0.15) is 11.4 Å². The third-order valence-corrected chi connectivity index (χ3v) is 8.85. The number of anilines is 2. The molecule has 4 aromatic rings. The summed E-state index contributed by atoms with van der Waals surface area (Å²) in [6, 6.07) is 15.6. The molecule has 3 heterocycles. The Kier molecular flexibility index (Phi) is 12.4. The molecule has 270 valence electrons. The first-order valence-corrected chi connectivity index (χ1v) is 17.2. The van der Waals surface area contributed by atoms with Gasteiger partial charge in [-0.15, -0.1) is 0 Å². The first kappa shape index (κ1) is 37.8. The van der Waals surface area contributed by atoms with Crippen LogP contribution >= 0.6 is 23.2 Å². The van der Waals surface area contributed by atoms with Crippen LogP contribution in [-0.4, -0.2) is 70.4 Å². The number of pyridine rings is 2. The molecule has 0 radical (unpaired) electrons. The topological polar surface area (TPSA) is 138 Å². The van der Waals surface area contributed by atoms with E-state index in [9.17, 15) is 9.59 Å². The molecular formula is C37H41Cl2FN6O5. The quantitative estimate of drug-likeness (QED) is 0.106. The van der Waals surface area contributed by atoms with Crippen LogP contribution in [0.3, 0.4) is 0 Å². The first-order valence-electron chi connectivity index (χ1n) is 16.5. The van der Waals surface area contributed by atoms with Crippen molar-refractivity contribution < 1.29 is 28.6 Å². The highest BCUT2D eigenvalue weighted by atomic mass is 35.5. The average Bonchev–Trinajstić information content (AvgIpc) is 3.51. The Morgan fingerprint density at radius 2 is 1.80 bits per heavy atom. The molecule has 1 fully saturated rings. The predicted molar refractivity (Wildman–Crippen MR) is 196 cm³/mol. The number of hydrogen-bond donors (Lipinski definition) is 4. The van der Waals surface area contributed by atoms with Crippen LogP contribution in [0.1, 0.15) is 44.7 Å². The zero-order chi connectivity index (χ0) is 36.7. The number of aliphatic hydroxyl groups excluding tert-OH is 1. The van der Waals surface area contributed by atoms with E-state index in [0.717, 1.165) is 0 Å². The van der Waals surface area contributed by atoms with Gasteiger partial charge in [-0.2, -0.15) is 0 Å². The number of aromatic nitrogens is 2. The summed E-state index contributed by atoms with van der Waals surface area (Å²) in [5.74, 6) is 0.0254. The van der Waals surface area contributed by atoms with E-state index in [1.54, 1.807) is 62.2 Å². The first-order chi connectivity index (χ1) is 24.4. The van der Waals surface area contributed by atoms with Gasteiger partial charge in [-0.1, -0.05) is 53.5 Å². The molecular weight excluding hydrogens is 698 g/mol. The molecule has 2 aromatic heterocycles. The molecule has 1 aliphatic heterocycles. The van der Waals surface area contributed by atoms with Gasteiger partial charge in [0.2, 0.25) is 11.8 Å². The van der Waals surface area contributed by atoms with E-state index in [-0.39, 0.29) is 54.7 Å². The maximum Gasteiger partial charge on any atom is 0.410 e. The maximum absolute atomic E-state index is 15.3. The summed E-state index contributed by atoms with van der Waals surface area (Å²) in [6.45, 7) is 6.32. The summed E-state index contributed by atoms with van der Waals surface area (Å²) in [5.41, 5.74) is 2.84. The van der Waals surface area contributed by atoms with Gasteiger partial charge in [-0.3, -0.25) is 4.79 Å². The highest BCUT2D eigenvalue weighted by Gasteiger charge is 2.29. The van der Waals surface area contributed by atoms with Crippen LogP contribution in [0.4, 0.5) is 20.7 Å². The predicted octanol–water partition coefficient (Wildman–Crippen LogP) is 7.11. The Bertz CT molecular complexity index is 1890. The van der Waals surface area contributed by atoms with E-state index in [2.05, 4.69) is 20.9 Å². The standard InChI is InChI=1S/C37H41Cl2FN6O5/c1-37(2,3)51-36(49)46(21-24-12-14-30(48)43-24)20-23-11-13-28(45-35(23)50-4)27-9-6-8-25(31(27)38)26-15-16-42-34(32(26)39)44-29-10-5-7-22(33(29)40)19-41-17-18-47/h5-11,13,15-16,24,41,47H,12,14,17-21H2,1-4H3,(H,42,44)(H,43,48)/t24-/m0/s1. The van der Waals surface area contributed by atoms with Crippen LogP contribution < -0.4 is 20.7 Å². The number of ether oxygens (including phenoxy) is 2. The van der Waals surface area contributed by atoms with Gasteiger partial charge in [0.15, 0.2) is 5.82 Å². The molecule has 0 saturated carbocycles. The molecule has 4 N–H and O–H groups in total. The van der Waals surface area contributed by atoms with Crippen molar-refractivity contribution in [3.05, 3.63) is 87.8 Å². The number of benzene rings is 2. The fraction of sp³-hybridized carbons (Fsp3) is 0.351. The van der Waals surface area contributed by atoms with E-state index >= 15 is 4.39 Å². The molecule has 0 spiro atoms. The molecule has 51 heavy (non-hydrogen) atoms. The summed E-state index contributed by atoms with van der Waals surface area (Å²) in [6.07, 6.45) is 2.07. The third kappa shape index (κ3) is 9.44. The second kappa shape index (κ2) is 16.7. The van der Waals surface area contributed by atoms with Crippen molar-refractivity contribution in [2.24, 2.45) is 0 Å². The third-order valence-electron chi connectivity index (χ3n) is 8.06. The van der Waals surface area contributed by atoms with Crippen molar-refractivity contribution in [3.8, 4) is 28.3 Å². The van der Waals surface area contributed by atoms with Crippen molar-refractivity contribution in [1.29, 1.82) is 0 Å². The van der Waals surface area contributed by atoms with Gasteiger partial charge >= 0.3 is 6.09 Å². The Hall–Kier alpha value is -4.49. The largest absolute Gasteiger partial charge is 0.481 e. The van der Waals surface area contributed by atoms with Gasteiger partial charge < -0.3 is 35.4 Å². The molecule has 2 aromatic carbocycles. The van der Waals surface area contributed by atoms with Crippen molar-refractivity contribution in [2.45, 2.75) is 58.3 Å². The number of methoxy groups -OCH3 is 1. The van der Waals surface area contributed by atoms with Gasteiger partial charge in [0.05, 0.1) is 41.7 Å². The van der Waals surface area contributed by atoms with E-state index in [1.807, 2.05) is 24.3 Å². The fourth-order valence-corrected chi connectivity index (χ4v) is 6.24. The summed E-state index contributed by atoms with van der Waals surface area (Å²) < 4.78 is 26.7. The zero-order valence-electron chi connectivity index (χ0n) is 28.9. The SMILES string of the molecule is COc1nc(-c2cccc(-c3ccnc(Nc4cccc(CNCCO)c4F)c3Cl)c2Cl)ccc1CN(C[C@@H]1CCC(=O)N1)C(=O)OC(C)(C)C. The summed E-state index contributed by atoms with van der Waals surface area (Å²) in [5, 5.41) is 18.5. The molecule has 1 aliphatic rings. The Morgan fingerprint density at radius 3 is 2.51 bits per heavy atom. The highest BCUT2D eigenvalue weighted by molar-refractivity contribution is 6.39. The minimum atomic E-state index is -0.712. The zero-order valence-corrected chi connectivity index (χ0v) is 30.4. The molecule has 1 saturated heterocycles. The number of amides is 2. The number of hydrogen-bond acceptors (Lipinski definition) is 9. The van der Waals surface area contributed by atoms with Crippen LogP contribution in [0.25, 0.3) is 22.4 Å². The minimum absolute atomic E-state index is 0.0462. The van der Waals surface area contributed by atoms with E-state index in [1.165, 1.54) is 7.11 Å². The van der Waals surface area contributed by atoms with Crippen LogP contribution in [0.15, 0.2) is 60.8 Å². The lowest BCUT2D eigenvalue weighted by Crippen LogP contribution is -2.43. The fourth-order valence-electron chi connectivity index (χ4n) is 5.65. The molecule has 1 atom stereocenters. The van der Waals surface area contributed by atoms with Gasteiger partial charge in [0, 0.05) is 66.1 Å². The number of nitrogens with one attached hydrogen (secondary N) is 3. The number of nitrogens with zero attached hydrogens (tertiary/aromatic N) is 3. The van der Waals surface area contributed by atoms with Crippen molar-refractivity contribution >= 4 is 46.7 Å². The van der Waals surface area contributed by atoms with Gasteiger partial charge in [-0.05, 0) is 51.5 Å². The van der Waals surface area contributed by atoms with Crippen LogP contribution in [0, 0.1) is 5.82 Å². The molecule has 11 nitrogen and oxygen atoms in total. The molecule has 0 bridgehead atoms. The van der Waals surface area contributed by atoms with E-state index in [4.69, 9.17) is 42.8 Å².